The van der Waals surface area contributed by atoms with Crippen molar-refractivity contribution in [3.05, 3.63) is 60.0 Å². The number of aliphatic hydroxyl groups is 1. The monoisotopic (exact) mass is 336 g/mol. The van der Waals surface area contributed by atoms with Gasteiger partial charge >= 0.3 is 0 Å². The van der Waals surface area contributed by atoms with Gasteiger partial charge in [0.05, 0.1) is 11.6 Å². The molecule has 1 aliphatic rings. The van der Waals surface area contributed by atoms with E-state index in [4.69, 9.17) is 0 Å². The molecular formula is C19H20N4O2. The Bertz CT molecular complexity index is 906. The van der Waals surface area contributed by atoms with E-state index >= 15 is 0 Å². The maximum atomic E-state index is 12.9. The van der Waals surface area contributed by atoms with E-state index in [2.05, 4.69) is 10.1 Å². The van der Waals surface area contributed by atoms with Crippen molar-refractivity contribution >= 4 is 16.8 Å². The smallest absolute Gasteiger partial charge is 0.275 e. The molecule has 128 valence electrons. The number of aromatic nitrogens is 3. The number of rotatable bonds is 3. The van der Waals surface area contributed by atoms with Gasteiger partial charge in [-0.1, -0.05) is 18.2 Å². The van der Waals surface area contributed by atoms with E-state index in [-0.39, 0.29) is 11.8 Å². The summed E-state index contributed by atoms with van der Waals surface area (Å²) in [6.07, 6.45) is 3.71. The van der Waals surface area contributed by atoms with Crippen molar-refractivity contribution in [1.82, 2.24) is 19.7 Å². The molecule has 0 spiro atoms. The number of aryl methyl sites for hydroxylation is 1. The van der Waals surface area contributed by atoms with Crippen LogP contribution in [0.2, 0.25) is 0 Å². The average molecular weight is 336 g/mol. The molecule has 0 aliphatic carbocycles. The van der Waals surface area contributed by atoms with Crippen LogP contribution in [0.15, 0.2) is 48.8 Å². The highest BCUT2D eigenvalue weighted by Crippen LogP contribution is 2.25. The molecular weight excluding hydrogens is 316 g/mol. The number of para-hydroxylation sites is 1. The van der Waals surface area contributed by atoms with Gasteiger partial charge in [0.1, 0.15) is 0 Å². The first kappa shape index (κ1) is 15.8. The van der Waals surface area contributed by atoms with E-state index in [1.54, 1.807) is 22.0 Å². The summed E-state index contributed by atoms with van der Waals surface area (Å²) in [6.45, 7) is 0.882. The number of carbonyl (C=O) groups is 1. The zero-order valence-electron chi connectivity index (χ0n) is 14.0. The maximum Gasteiger partial charge on any atom is 0.275 e. The summed E-state index contributed by atoms with van der Waals surface area (Å²) < 4.78 is 1.73. The number of pyridine rings is 1. The molecule has 0 radical (unpaired) electrons. The van der Waals surface area contributed by atoms with Crippen LogP contribution >= 0.6 is 0 Å². The molecule has 2 atom stereocenters. The molecule has 0 saturated carbocycles. The first-order chi connectivity index (χ1) is 12.1. The third-order valence-electron chi connectivity index (χ3n) is 4.90. The first-order valence-corrected chi connectivity index (χ1v) is 8.41. The van der Waals surface area contributed by atoms with Crippen molar-refractivity contribution in [3.8, 4) is 0 Å². The molecule has 6 heteroatoms. The van der Waals surface area contributed by atoms with Crippen LogP contribution in [-0.2, 0) is 13.5 Å². The summed E-state index contributed by atoms with van der Waals surface area (Å²) in [5.74, 6) is -0.0885. The zero-order chi connectivity index (χ0) is 17.4. The predicted octanol–water partition coefficient (Wildman–Crippen LogP) is 1.64. The Morgan fingerprint density at radius 1 is 1.20 bits per heavy atom. The van der Waals surface area contributed by atoms with Crippen molar-refractivity contribution in [3.63, 3.8) is 0 Å². The first-order valence-electron chi connectivity index (χ1n) is 8.41. The normalized spacial score (nSPS) is 20.3. The number of likely N-dealkylation sites (tertiary alicyclic amines) is 1. The van der Waals surface area contributed by atoms with Crippen LogP contribution in [0.4, 0.5) is 0 Å². The number of amides is 1. The van der Waals surface area contributed by atoms with Crippen LogP contribution in [0.5, 0.6) is 0 Å². The SMILES string of the molecule is Cn1nc(C(=O)N2C[C@@H](Cc3ccncc3)[C@@H](O)C2)c2ccccc21. The van der Waals surface area contributed by atoms with Crippen molar-refractivity contribution < 1.29 is 9.90 Å². The Kier molecular flexibility index (Phi) is 3.97. The van der Waals surface area contributed by atoms with Crippen LogP contribution in [0.3, 0.4) is 0 Å². The van der Waals surface area contributed by atoms with Crippen LogP contribution in [0.1, 0.15) is 16.1 Å². The second kappa shape index (κ2) is 6.29. The van der Waals surface area contributed by atoms with E-state index in [1.165, 1.54) is 0 Å². The summed E-state index contributed by atoms with van der Waals surface area (Å²) in [6, 6.07) is 11.6. The fourth-order valence-electron chi connectivity index (χ4n) is 3.56. The Balaban J connectivity index is 1.55. The molecule has 1 saturated heterocycles. The lowest BCUT2D eigenvalue weighted by molar-refractivity contribution is 0.0760. The zero-order valence-corrected chi connectivity index (χ0v) is 14.0. The number of nitrogens with zero attached hydrogens (tertiary/aromatic N) is 4. The minimum absolute atomic E-state index is 0.0290. The third kappa shape index (κ3) is 2.89. The van der Waals surface area contributed by atoms with Gasteiger partial charge in [-0.2, -0.15) is 5.10 Å². The molecule has 3 heterocycles. The van der Waals surface area contributed by atoms with Crippen LogP contribution in [-0.4, -0.2) is 49.9 Å². The molecule has 1 N–H and O–H groups in total. The summed E-state index contributed by atoms with van der Waals surface area (Å²) >= 11 is 0. The van der Waals surface area contributed by atoms with Gasteiger partial charge in [0, 0.05) is 43.8 Å². The molecule has 4 rings (SSSR count). The number of hydrogen-bond donors (Lipinski definition) is 1. The topological polar surface area (TPSA) is 71.2 Å². The lowest BCUT2D eigenvalue weighted by Gasteiger charge is -2.15. The predicted molar refractivity (Wildman–Crippen MR) is 94.1 cm³/mol. The standard InChI is InChI=1S/C19H20N4O2/c1-22-16-5-3-2-4-15(16)18(21-22)19(25)23-11-14(17(24)12-23)10-13-6-8-20-9-7-13/h2-9,14,17,24H,10-12H2,1H3/t14-,17+/m1/s1. The minimum atomic E-state index is -0.521. The van der Waals surface area contributed by atoms with Gasteiger partial charge in [0.2, 0.25) is 0 Å². The number of β-amino-alcohol motifs (C(OH)–C–C–N with tert-alkyl or cyclic N) is 1. The summed E-state index contributed by atoms with van der Waals surface area (Å²) in [5.41, 5.74) is 2.51. The summed E-state index contributed by atoms with van der Waals surface area (Å²) in [7, 11) is 1.84. The second-order valence-electron chi connectivity index (χ2n) is 6.59. The molecule has 1 amide bonds. The van der Waals surface area contributed by atoms with Gasteiger partial charge in [0.15, 0.2) is 5.69 Å². The van der Waals surface area contributed by atoms with Crippen molar-refractivity contribution in [2.45, 2.75) is 12.5 Å². The molecule has 25 heavy (non-hydrogen) atoms. The average Bonchev–Trinajstić information content (AvgIpc) is 3.16. The highest BCUT2D eigenvalue weighted by atomic mass is 16.3. The number of hydrogen-bond acceptors (Lipinski definition) is 4. The Hall–Kier alpha value is -2.73. The minimum Gasteiger partial charge on any atom is -0.391 e. The number of fused-ring (bicyclic) bond motifs is 1. The largest absolute Gasteiger partial charge is 0.391 e. The molecule has 6 nitrogen and oxygen atoms in total. The van der Waals surface area contributed by atoms with Crippen LogP contribution in [0.25, 0.3) is 10.9 Å². The van der Waals surface area contributed by atoms with Crippen molar-refractivity contribution in [2.24, 2.45) is 13.0 Å². The second-order valence-corrected chi connectivity index (χ2v) is 6.59. The fourth-order valence-corrected chi connectivity index (χ4v) is 3.56. The van der Waals surface area contributed by atoms with E-state index < -0.39 is 6.10 Å². The molecule has 2 aromatic heterocycles. The Morgan fingerprint density at radius 2 is 1.96 bits per heavy atom. The van der Waals surface area contributed by atoms with Gasteiger partial charge in [-0.25, -0.2) is 0 Å². The van der Waals surface area contributed by atoms with Crippen LogP contribution < -0.4 is 0 Å². The van der Waals surface area contributed by atoms with E-state index in [0.717, 1.165) is 22.9 Å². The van der Waals surface area contributed by atoms with Gasteiger partial charge in [-0.05, 0) is 30.2 Å². The van der Waals surface area contributed by atoms with Crippen molar-refractivity contribution in [1.29, 1.82) is 0 Å². The number of aliphatic hydroxyl groups excluding tert-OH is 1. The highest BCUT2D eigenvalue weighted by molar-refractivity contribution is 6.04. The maximum absolute atomic E-state index is 12.9. The van der Waals surface area contributed by atoms with Crippen LogP contribution in [0, 0.1) is 5.92 Å². The Labute approximate surface area is 145 Å². The molecule has 0 unspecified atom stereocenters. The van der Waals surface area contributed by atoms with E-state index in [9.17, 15) is 9.90 Å². The number of carbonyl (C=O) groups excluding carboxylic acids is 1. The third-order valence-corrected chi connectivity index (χ3v) is 4.90. The van der Waals surface area contributed by atoms with Gasteiger partial charge in [-0.3, -0.25) is 14.5 Å². The molecule has 0 bridgehead atoms. The molecule has 1 fully saturated rings. The lowest BCUT2D eigenvalue weighted by Crippen LogP contribution is -2.30. The van der Waals surface area contributed by atoms with Gasteiger partial charge < -0.3 is 10.0 Å². The Morgan fingerprint density at radius 3 is 2.76 bits per heavy atom. The van der Waals surface area contributed by atoms with E-state index in [1.807, 2.05) is 43.4 Å². The van der Waals surface area contributed by atoms with Gasteiger partial charge in [-0.15, -0.1) is 0 Å². The van der Waals surface area contributed by atoms with Crippen molar-refractivity contribution in [2.75, 3.05) is 13.1 Å². The highest BCUT2D eigenvalue weighted by Gasteiger charge is 2.35. The quantitative estimate of drug-likeness (QED) is 0.789. The van der Waals surface area contributed by atoms with E-state index in [0.29, 0.717) is 18.8 Å². The fraction of sp³-hybridized carbons (Fsp3) is 0.316. The van der Waals surface area contributed by atoms with Gasteiger partial charge in [0.25, 0.3) is 5.91 Å². The summed E-state index contributed by atoms with van der Waals surface area (Å²) in [4.78, 5) is 18.7. The molecule has 1 aromatic carbocycles. The lowest BCUT2D eigenvalue weighted by atomic mass is 9.97. The molecule has 3 aromatic rings. The number of benzene rings is 1. The molecule has 1 aliphatic heterocycles. The summed E-state index contributed by atoms with van der Waals surface area (Å²) in [5, 5.41) is 15.7.